The normalized spacial score (nSPS) is 28.6. The van der Waals surface area contributed by atoms with Crippen molar-refractivity contribution in [1.82, 2.24) is 0 Å². The Morgan fingerprint density at radius 1 is 0.714 bits per heavy atom. The Labute approximate surface area is 137 Å². The van der Waals surface area contributed by atoms with E-state index in [2.05, 4.69) is 18.1 Å². The van der Waals surface area contributed by atoms with E-state index in [0.29, 0.717) is 0 Å². The first-order valence-corrected chi connectivity index (χ1v) is 13.7. The van der Waals surface area contributed by atoms with Gasteiger partial charge in [-0.05, 0) is 56.2 Å². The van der Waals surface area contributed by atoms with Gasteiger partial charge in [-0.2, -0.15) is 39.9 Å². The van der Waals surface area contributed by atoms with Gasteiger partial charge in [-0.3, -0.25) is 4.52 Å². The standard InChI is InChI=1S/C3HCl5F6N3OP3/c4-19(5)15-20(6,7)17-21(8,16-19)18-1(2(9,10)11)3(12,13)14/h1H. The summed E-state index contributed by atoms with van der Waals surface area (Å²) < 4.78 is 87.9. The van der Waals surface area contributed by atoms with Crippen molar-refractivity contribution in [3.05, 3.63) is 0 Å². The third-order valence-corrected chi connectivity index (χ3v) is 13.5. The van der Waals surface area contributed by atoms with E-state index in [1.54, 1.807) is 0 Å². The molecule has 0 amide bonds. The van der Waals surface area contributed by atoms with Crippen LogP contribution in [0.2, 0.25) is 0 Å². The lowest BCUT2D eigenvalue weighted by Crippen LogP contribution is -2.43. The van der Waals surface area contributed by atoms with Crippen LogP contribution in [-0.2, 0) is 4.52 Å². The molecule has 0 aromatic rings. The molecule has 21 heavy (non-hydrogen) atoms. The Morgan fingerprint density at radius 3 is 1.43 bits per heavy atom. The zero-order chi connectivity index (χ0) is 16.9. The highest BCUT2D eigenvalue weighted by Crippen LogP contribution is 2.87. The van der Waals surface area contributed by atoms with Crippen molar-refractivity contribution in [2.75, 3.05) is 0 Å². The van der Waals surface area contributed by atoms with Crippen molar-refractivity contribution in [2.45, 2.75) is 18.5 Å². The van der Waals surface area contributed by atoms with Crippen molar-refractivity contribution >= 4 is 74.8 Å². The van der Waals surface area contributed by atoms with Crippen molar-refractivity contribution < 1.29 is 30.9 Å². The van der Waals surface area contributed by atoms with Gasteiger partial charge in [-0.1, -0.05) is 0 Å². The third-order valence-electron chi connectivity index (χ3n) is 1.49. The minimum atomic E-state index is -5.82. The molecule has 0 N–H and O–H groups in total. The van der Waals surface area contributed by atoms with Gasteiger partial charge in [0, 0.05) is 0 Å². The molecule has 1 unspecified atom stereocenters. The Morgan fingerprint density at radius 2 is 1.10 bits per heavy atom. The summed E-state index contributed by atoms with van der Waals surface area (Å²) in [4.78, 5) is 0. The Kier molecular flexibility index (Phi) is 6.12. The maximum Gasteiger partial charge on any atom is 0.424 e. The van der Waals surface area contributed by atoms with Crippen molar-refractivity contribution in [1.29, 1.82) is 0 Å². The molecule has 0 bridgehead atoms. The molecule has 0 aromatic carbocycles. The third kappa shape index (κ3) is 6.24. The molecule has 1 atom stereocenters. The molecular weight excluding hydrogens is 478 g/mol. The van der Waals surface area contributed by atoms with E-state index in [4.69, 9.17) is 56.2 Å². The highest BCUT2D eigenvalue weighted by atomic mass is 35.9. The average Bonchev–Trinajstić information content (AvgIpc) is 2.03. The van der Waals surface area contributed by atoms with Crippen molar-refractivity contribution in [2.24, 2.45) is 13.5 Å². The van der Waals surface area contributed by atoms with E-state index in [9.17, 15) is 26.3 Å². The molecule has 0 fully saturated rings. The SMILES string of the molecule is FC(F)(F)C(OP1(Cl)=NP(Cl)(Cl)=NP(Cl)(Cl)=N1)C(F)(F)F. The summed E-state index contributed by atoms with van der Waals surface area (Å²) in [5, 5.41) is 0. The maximum atomic E-state index is 12.4. The topological polar surface area (TPSA) is 46.3 Å². The molecule has 0 radical (unpaired) electrons. The zero-order valence-electron chi connectivity index (χ0n) is 8.83. The van der Waals surface area contributed by atoms with Gasteiger partial charge >= 0.3 is 19.1 Å². The first kappa shape index (κ1) is 20.7. The van der Waals surface area contributed by atoms with Gasteiger partial charge in [0.05, 0.1) is 0 Å². The number of rotatable bonds is 2. The molecule has 1 heterocycles. The summed E-state index contributed by atoms with van der Waals surface area (Å²) in [5.41, 5.74) is 0. The average molecular weight is 479 g/mol. The van der Waals surface area contributed by atoms with Crippen LogP contribution in [-0.4, -0.2) is 18.5 Å². The summed E-state index contributed by atoms with van der Waals surface area (Å²) in [6, 6.07) is 0. The number of hydrogen-bond donors (Lipinski definition) is 0. The molecule has 4 nitrogen and oxygen atoms in total. The van der Waals surface area contributed by atoms with Crippen LogP contribution in [0.4, 0.5) is 26.3 Å². The molecule has 0 aromatic heterocycles. The molecule has 1 rings (SSSR count). The second-order valence-corrected chi connectivity index (χ2v) is 16.4. The summed E-state index contributed by atoms with van der Waals surface area (Å²) in [7, 11) is 0. The highest BCUT2D eigenvalue weighted by Gasteiger charge is 2.60. The fourth-order valence-electron chi connectivity index (χ4n) is 0.930. The van der Waals surface area contributed by atoms with Crippen LogP contribution in [0.3, 0.4) is 0 Å². The lowest BCUT2D eigenvalue weighted by atomic mass is 10.3. The Bertz CT molecular complexity index is 567. The molecular formula is C3HCl5F6N3OP3. The van der Waals surface area contributed by atoms with Crippen LogP contribution in [0.25, 0.3) is 0 Å². The number of alkyl halides is 6. The van der Waals surface area contributed by atoms with Crippen LogP contribution < -0.4 is 0 Å². The first-order chi connectivity index (χ1) is 8.96. The lowest BCUT2D eigenvalue weighted by molar-refractivity contribution is -0.298. The van der Waals surface area contributed by atoms with Gasteiger partial charge in [-0.15, -0.1) is 0 Å². The molecule has 0 spiro atoms. The lowest BCUT2D eigenvalue weighted by Gasteiger charge is -2.28. The monoisotopic (exact) mass is 477 g/mol. The molecule has 1 aliphatic heterocycles. The largest absolute Gasteiger partial charge is 0.424 e. The van der Waals surface area contributed by atoms with E-state index >= 15 is 0 Å². The van der Waals surface area contributed by atoms with Gasteiger partial charge in [0.15, 0.2) is 0 Å². The van der Waals surface area contributed by atoms with Crippen LogP contribution in [0.5, 0.6) is 0 Å². The smallest absolute Gasteiger partial charge is 0.293 e. The molecule has 1 aliphatic rings. The number of hydrogen-bond acceptors (Lipinski definition) is 4. The van der Waals surface area contributed by atoms with Crippen LogP contribution in [0, 0.1) is 0 Å². The fourth-order valence-corrected chi connectivity index (χ4v) is 17.6. The Hall–Kier alpha value is 1.68. The summed E-state index contributed by atoms with van der Waals surface area (Å²) in [6.07, 6.45) is -15.9. The fraction of sp³-hybridized carbons (Fsp3) is 1.00. The predicted molar refractivity (Wildman–Crippen MR) is 74.3 cm³/mol. The van der Waals surface area contributed by atoms with Crippen molar-refractivity contribution in [3.63, 3.8) is 0 Å². The Balaban J connectivity index is 3.37. The second kappa shape index (κ2) is 6.20. The molecule has 0 saturated heterocycles. The number of halogens is 11. The first-order valence-electron chi connectivity index (χ1n) is 4.17. The van der Waals surface area contributed by atoms with Crippen LogP contribution >= 0.6 is 74.8 Å². The second-order valence-electron chi connectivity index (χ2n) is 3.22. The van der Waals surface area contributed by atoms with Gasteiger partial charge in [0.25, 0.3) is 17.9 Å². The minimum absolute atomic E-state index is 3.13. The van der Waals surface area contributed by atoms with Crippen LogP contribution in [0.1, 0.15) is 0 Å². The van der Waals surface area contributed by atoms with Gasteiger partial charge < -0.3 is 0 Å². The van der Waals surface area contributed by atoms with E-state index in [1.165, 1.54) is 0 Å². The molecule has 0 saturated carbocycles. The van der Waals surface area contributed by atoms with Crippen molar-refractivity contribution in [3.8, 4) is 0 Å². The number of nitrogens with zero attached hydrogens (tertiary/aromatic N) is 3. The highest BCUT2D eigenvalue weighted by molar-refractivity contribution is 8.22. The van der Waals surface area contributed by atoms with E-state index in [0.717, 1.165) is 0 Å². The summed E-state index contributed by atoms with van der Waals surface area (Å²) in [6.45, 7) is -4.60. The van der Waals surface area contributed by atoms with Crippen LogP contribution in [0.15, 0.2) is 13.5 Å². The zero-order valence-corrected chi connectivity index (χ0v) is 15.3. The summed E-state index contributed by atoms with van der Waals surface area (Å²) >= 11 is 27.4. The van der Waals surface area contributed by atoms with Gasteiger partial charge in [-0.25, -0.2) is 0 Å². The van der Waals surface area contributed by atoms with E-state index in [-0.39, 0.29) is 0 Å². The van der Waals surface area contributed by atoms with E-state index < -0.39 is 37.1 Å². The van der Waals surface area contributed by atoms with E-state index in [1.807, 2.05) is 0 Å². The van der Waals surface area contributed by atoms with Gasteiger partial charge in [0.2, 0.25) is 0 Å². The predicted octanol–water partition coefficient (Wildman–Crippen LogP) is 8.54. The molecule has 18 heteroatoms. The molecule has 126 valence electrons. The van der Waals surface area contributed by atoms with Gasteiger partial charge in [0.1, 0.15) is 0 Å². The quantitative estimate of drug-likeness (QED) is 0.289. The summed E-state index contributed by atoms with van der Waals surface area (Å²) in [5.74, 6) is -7.59. The maximum absolute atomic E-state index is 12.4. The molecule has 0 aliphatic carbocycles. The minimum Gasteiger partial charge on any atom is -0.293 e.